The molecule has 1 aliphatic carbocycles. The molecular weight excluding hydrogens is 574 g/mol. The smallest absolute Gasteiger partial charge is 0.227 e. The number of furan rings is 1. The lowest BCUT2D eigenvalue weighted by molar-refractivity contribution is 0.490. The Labute approximate surface area is 277 Å². The first kappa shape index (κ1) is 25.7. The van der Waals surface area contributed by atoms with E-state index in [1.807, 2.05) is 42.5 Å². The van der Waals surface area contributed by atoms with E-state index >= 15 is 0 Å². The fourth-order valence-electron chi connectivity index (χ4n) is 7.89. The quantitative estimate of drug-likeness (QED) is 0.188. The van der Waals surface area contributed by atoms with Crippen molar-refractivity contribution in [2.45, 2.75) is 45.4 Å². The molecule has 0 bridgehead atoms. The van der Waals surface area contributed by atoms with Gasteiger partial charge in [0.15, 0.2) is 0 Å². The minimum absolute atomic E-state index is 0.0578. The van der Waals surface area contributed by atoms with Crippen LogP contribution in [0.4, 0.5) is 0 Å². The summed E-state index contributed by atoms with van der Waals surface area (Å²) in [6, 6.07) is 41.0. The summed E-state index contributed by atoms with van der Waals surface area (Å²) in [5.74, 6) is 0.794. The molecule has 0 aliphatic heterocycles. The zero-order valence-electron chi connectivity index (χ0n) is 28.7. The third kappa shape index (κ3) is 4.07. The molecule has 4 nitrogen and oxygen atoms in total. The Morgan fingerprint density at radius 2 is 1.47 bits per heavy atom. The first-order valence-corrected chi connectivity index (χ1v) is 16.5. The molecule has 0 spiro atoms. The number of para-hydroxylation sites is 3. The van der Waals surface area contributed by atoms with Crippen LogP contribution in [0.1, 0.15) is 57.4 Å². The highest BCUT2D eigenvalue weighted by Gasteiger charge is 2.41. The molecular formula is C43H35N3O. The molecule has 228 valence electrons. The predicted molar refractivity (Wildman–Crippen MR) is 192 cm³/mol. The highest BCUT2D eigenvalue weighted by Crippen LogP contribution is 2.54. The van der Waals surface area contributed by atoms with Crippen LogP contribution in [0.2, 0.25) is 0 Å². The van der Waals surface area contributed by atoms with Crippen LogP contribution >= 0.6 is 0 Å². The summed E-state index contributed by atoms with van der Waals surface area (Å²) < 4.78 is 26.7. The van der Waals surface area contributed by atoms with Crippen LogP contribution in [0.5, 0.6) is 0 Å². The largest absolute Gasteiger partial charge is 0.437 e. The van der Waals surface area contributed by atoms with E-state index in [0.29, 0.717) is 22.6 Å². The normalized spacial score (nSPS) is 14.4. The molecule has 0 saturated heterocycles. The van der Waals surface area contributed by atoms with Crippen LogP contribution in [0, 0.1) is 6.92 Å². The number of hydrogen-bond acceptors (Lipinski definition) is 3. The molecule has 4 heteroatoms. The van der Waals surface area contributed by atoms with E-state index in [2.05, 4.69) is 86.0 Å². The molecule has 0 fully saturated rings. The van der Waals surface area contributed by atoms with Gasteiger partial charge in [0.1, 0.15) is 11.4 Å². The molecule has 8 aromatic rings. The number of aromatic nitrogens is 3. The second-order valence-electron chi connectivity index (χ2n) is 12.6. The highest BCUT2D eigenvalue weighted by atomic mass is 16.3. The van der Waals surface area contributed by atoms with Crippen LogP contribution < -0.4 is 0 Å². The van der Waals surface area contributed by atoms with E-state index in [0.717, 1.165) is 51.7 Å². The van der Waals surface area contributed by atoms with Crippen molar-refractivity contribution in [3.63, 3.8) is 0 Å². The third-order valence-electron chi connectivity index (χ3n) is 10.2. The van der Waals surface area contributed by atoms with Gasteiger partial charge in [0.25, 0.3) is 0 Å². The second kappa shape index (κ2) is 10.5. The summed E-state index contributed by atoms with van der Waals surface area (Å²) in [4.78, 5) is 10.0. The van der Waals surface area contributed by atoms with Crippen molar-refractivity contribution in [2.24, 2.45) is 0 Å². The Morgan fingerprint density at radius 3 is 2.32 bits per heavy atom. The average Bonchev–Trinajstić information content (AvgIpc) is 3.79. The second-order valence-corrected chi connectivity index (χ2v) is 12.6. The zero-order chi connectivity index (χ0) is 33.5. The maximum absolute atomic E-state index is 8.90. The van der Waals surface area contributed by atoms with E-state index in [1.165, 1.54) is 27.8 Å². The lowest BCUT2D eigenvalue weighted by atomic mass is 9.73. The molecule has 0 N–H and O–H groups in total. The molecule has 3 heterocycles. The van der Waals surface area contributed by atoms with Gasteiger partial charge in [0, 0.05) is 31.0 Å². The summed E-state index contributed by atoms with van der Waals surface area (Å²) in [5, 5.41) is 1.76. The maximum Gasteiger partial charge on any atom is 0.227 e. The van der Waals surface area contributed by atoms with E-state index in [1.54, 1.807) is 18.2 Å². The number of benzene rings is 5. The van der Waals surface area contributed by atoms with E-state index in [9.17, 15) is 0 Å². The molecule has 0 atom stereocenters. The van der Waals surface area contributed by atoms with E-state index in [-0.39, 0.29) is 5.41 Å². The maximum atomic E-state index is 8.90. The number of rotatable bonds is 6. The van der Waals surface area contributed by atoms with Gasteiger partial charge >= 0.3 is 0 Å². The molecule has 0 radical (unpaired) electrons. The summed E-state index contributed by atoms with van der Waals surface area (Å²) >= 11 is 0. The molecule has 5 aromatic carbocycles. The zero-order valence-corrected chi connectivity index (χ0v) is 26.7. The van der Waals surface area contributed by atoms with E-state index in [4.69, 9.17) is 17.1 Å². The van der Waals surface area contributed by atoms with Crippen LogP contribution in [-0.4, -0.2) is 14.5 Å². The van der Waals surface area contributed by atoms with Gasteiger partial charge in [-0.15, -0.1) is 0 Å². The van der Waals surface area contributed by atoms with Gasteiger partial charge in [-0.2, -0.15) is 0 Å². The lowest BCUT2D eigenvalue weighted by Crippen LogP contribution is -2.23. The Hall–Kier alpha value is -5.48. The monoisotopic (exact) mass is 611 g/mol. The highest BCUT2D eigenvalue weighted by molar-refractivity contribution is 6.08. The minimum Gasteiger partial charge on any atom is -0.437 e. The standard InChI is InChI=1S/C43H35N3O/c1-4-43(5-2)35-19-10-9-16-30(35)34-24-27(3)39(26-36(34)43)46-38-21-12-11-20-37(38)45-41(46)33-18-13-17-31-32-23-22-29(44-42(32)47-40(31)33)25-28-14-7-6-8-15-28/h6-24,26H,4-5,25H2,1-3H3/i25D2. The fourth-order valence-corrected chi connectivity index (χ4v) is 7.89. The lowest BCUT2D eigenvalue weighted by Gasteiger charge is -2.30. The number of nitrogens with zero attached hydrogens (tertiary/aromatic N) is 3. The number of aryl methyl sites for hydroxylation is 1. The topological polar surface area (TPSA) is 43.9 Å². The first-order chi connectivity index (χ1) is 23.9. The molecule has 0 amide bonds. The van der Waals surface area contributed by atoms with Crippen molar-refractivity contribution < 1.29 is 7.16 Å². The average molecular weight is 612 g/mol. The van der Waals surface area contributed by atoms with Gasteiger partial charge in [0.05, 0.1) is 22.3 Å². The van der Waals surface area contributed by atoms with Crippen molar-refractivity contribution >= 4 is 33.1 Å². The summed E-state index contributed by atoms with van der Waals surface area (Å²) in [7, 11) is 0. The van der Waals surface area contributed by atoms with Gasteiger partial charge in [-0.25, -0.2) is 9.97 Å². The Bertz CT molecular complexity index is 2580. The molecule has 47 heavy (non-hydrogen) atoms. The third-order valence-corrected chi connectivity index (χ3v) is 10.2. The minimum atomic E-state index is -1.78. The summed E-state index contributed by atoms with van der Waals surface area (Å²) in [5.41, 5.74) is 12.4. The van der Waals surface area contributed by atoms with Crippen molar-refractivity contribution in [1.29, 1.82) is 0 Å². The molecule has 9 rings (SSSR count). The van der Waals surface area contributed by atoms with Gasteiger partial charge < -0.3 is 4.42 Å². The molecule has 1 aliphatic rings. The Balaban J connectivity index is 1.27. The molecule has 3 aromatic heterocycles. The van der Waals surface area contributed by atoms with Gasteiger partial charge in [0.2, 0.25) is 5.71 Å². The van der Waals surface area contributed by atoms with Crippen LogP contribution in [0.3, 0.4) is 0 Å². The van der Waals surface area contributed by atoms with Gasteiger partial charge in [-0.3, -0.25) is 4.57 Å². The number of imidazole rings is 1. The van der Waals surface area contributed by atoms with Gasteiger partial charge in [-0.1, -0.05) is 92.7 Å². The number of pyridine rings is 1. The summed E-state index contributed by atoms with van der Waals surface area (Å²) in [6.45, 7) is 6.81. The van der Waals surface area contributed by atoms with E-state index < -0.39 is 6.37 Å². The number of hydrogen-bond donors (Lipinski definition) is 0. The van der Waals surface area contributed by atoms with Crippen molar-refractivity contribution in [2.75, 3.05) is 0 Å². The first-order valence-electron chi connectivity index (χ1n) is 17.5. The molecule has 0 saturated carbocycles. The van der Waals surface area contributed by atoms with Crippen LogP contribution in [0.15, 0.2) is 126 Å². The van der Waals surface area contributed by atoms with Crippen molar-refractivity contribution in [3.8, 4) is 28.2 Å². The predicted octanol–water partition coefficient (Wildman–Crippen LogP) is 11.0. The van der Waals surface area contributed by atoms with Crippen LogP contribution in [-0.2, 0) is 11.8 Å². The van der Waals surface area contributed by atoms with Crippen LogP contribution in [0.25, 0.3) is 61.3 Å². The fraction of sp³-hybridized carbons (Fsp3) is 0.163. The van der Waals surface area contributed by atoms with Gasteiger partial charge in [-0.05, 0) is 95.6 Å². The SMILES string of the molecule is [2H]C([2H])(c1ccccc1)c1ccc2c(n1)oc1c(-c3nc4ccccc4n3-c3cc4c(cc3C)-c3ccccc3C4(CC)CC)cccc12. The van der Waals surface area contributed by atoms with Crippen molar-refractivity contribution in [3.05, 3.63) is 149 Å². The molecule has 0 unspecified atom stereocenters. The van der Waals surface area contributed by atoms with Crippen molar-refractivity contribution in [1.82, 2.24) is 14.5 Å². The Kier molecular flexibility index (Phi) is 5.75. The number of fused-ring (bicyclic) bond motifs is 7. The summed E-state index contributed by atoms with van der Waals surface area (Å²) in [6.07, 6.45) is 0.258. The Morgan fingerprint density at radius 1 is 0.702 bits per heavy atom.